The van der Waals surface area contributed by atoms with Crippen LogP contribution in [0.1, 0.15) is 5.56 Å². The Balaban J connectivity index is 2.55. The molecule has 1 aromatic carbocycles. The summed E-state index contributed by atoms with van der Waals surface area (Å²) in [6.45, 7) is 2.05. The maximum atomic E-state index is 5.34. The second kappa shape index (κ2) is 3.58. The number of furan rings is 1. The molecule has 0 aliphatic rings. The van der Waals surface area contributed by atoms with Crippen molar-refractivity contribution in [2.24, 2.45) is 0 Å². The Morgan fingerprint density at radius 3 is 2.71 bits per heavy atom. The van der Waals surface area contributed by atoms with Crippen molar-refractivity contribution in [2.75, 3.05) is 7.11 Å². The summed E-state index contributed by atoms with van der Waals surface area (Å²) in [5.74, 6) is 1.68. The van der Waals surface area contributed by atoms with Gasteiger partial charge in [0.05, 0.1) is 18.9 Å². The first-order valence-corrected chi connectivity index (χ1v) is 4.50. The largest absolute Gasteiger partial charge is 0.496 e. The van der Waals surface area contributed by atoms with Crippen molar-refractivity contribution in [3.63, 3.8) is 0 Å². The van der Waals surface area contributed by atoms with Gasteiger partial charge in [0.1, 0.15) is 11.5 Å². The van der Waals surface area contributed by atoms with Gasteiger partial charge in [0.15, 0.2) is 0 Å². The average molecular weight is 188 g/mol. The van der Waals surface area contributed by atoms with Crippen LogP contribution in [-0.2, 0) is 0 Å². The van der Waals surface area contributed by atoms with E-state index in [1.807, 2.05) is 31.2 Å². The van der Waals surface area contributed by atoms with E-state index in [0.29, 0.717) is 0 Å². The monoisotopic (exact) mass is 188 g/mol. The number of benzene rings is 1. The van der Waals surface area contributed by atoms with Gasteiger partial charge in [-0.1, -0.05) is 11.6 Å². The van der Waals surface area contributed by atoms with Crippen LogP contribution in [-0.4, -0.2) is 7.11 Å². The highest BCUT2D eigenvalue weighted by atomic mass is 16.5. The van der Waals surface area contributed by atoms with Crippen LogP contribution < -0.4 is 4.74 Å². The molecule has 0 spiro atoms. The number of hydrogen-bond donors (Lipinski definition) is 0. The summed E-state index contributed by atoms with van der Waals surface area (Å²) in [6.07, 6.45) is 1.66. The van der Waals surface area contributed by atoms with Crippen molar-refractivity contribution < 1.29 is 9.15 Å². The van der Waals surface area contributed by atoms with Crippen LogP contribution in [0, 0.1) is 6.92 Å². The lowest BCUT2D eigenvalue weighted by molar-refractivity contribution is 0.414. The summed E-state index contributed by atoms with van der Waals surface area (Å²) in [4.78, 5) is 0. The van der Waals surface area contributed by atoms with Crippen LogP contribution in [0.4, 0.5) is 0 Å². The van der Waals surface area contributed by atoms with Crippen LogP contribution in [0.2, 0.25) is 0 Å². The first-order chi connectivity index (χ1) is 6.81. The molecule has 2 heteroatoms. The number of methoxy groups -OCH3 is 1. The molecule has 14 heavy (non-hydrogen) atoms. The third kappa shape index (κ3) is 1.51. The highest BCUT2D eigenvalue weighted by molar-refractivity contribution is 5.66. The van der Waals surface area contributed by atoms with Crippen LogP contribution >= 0.6 is 0 Å². The molecule has 1 aromatic heterocycles. The zero-order valence-electron chi connectivity index (χ0n) is 8.28. The first-order valence-electron chi connectivity index (χ1n) is 4.50. The lowest BCUT2D eigenvalue weighted by atomic mass is 10.1. The van der Waals surface area contributed by atoms with E-state index in [-0.39, 0.29) is 0 Å². The van der Waals surface area contributed by atoms with Crippen molar-refractivity contribution in [3.05, 3.63) is 42.2 Å². The van der Waals surface area contributed by atoms with E-state index in [0.717, 1.165) is 17.1 Å². The predicted octanol–water partition coefficient (Wildman–Crippen LogP) is 3.26. The summed E-state index contributed by atoms with van der Waals surface area (Å²) < 4.78 is 10.6. The van der Waals surface area contributed by atoms with Gasteiger partial charge in [-0.25, -0.2) is 0 Å². The van der Waals surface area contributed by atoms with Gasteiger partial charge in [0.25, 0.3) is 0 Å². The molecule has 1 heterocycles. The van der Waals surface area contributed by atoms with Gasteiger partial charge in [-0.15, -0.1) is 0 Å². The molecule has 0 aliphatic carbocycles. The topological polar surface area (TPSA) is 22.4 Å². The molecular weight excluding hydrogens is 176 g/mol. The average Bonchev–Trinajstić information content (AvgIpc) is 2.70. The van der Waals surface area contributed by atoms with Crippen molar-refractivity contribution >= 4 is 0 Å². The fourth-order valence-corrected chi connectivity index (χ4v) is 1.45. The molecule has 0 amide bonds. The molecule has 72 valence electrons. The minimum absolute atomic E-state index is 0.838. The minimum atomic E-state index is 0.838. The Morgan fingerprint density at radius 2 is 2.07 bits per heavy atom. The molecule has 2 aromatic rings. The SMILES string of the molecule is COc1ccc(C)cc1-c1ccco1. The Labute approximate surface area is 83.1 Å². The molecule has 0 N–H and O–H groups in total. The Kier molecular flexibility index (Phi) is 2.27. The fraction of sp³-hybridized carbons (Fsp3) is 0.167. The maximum Gasteiger partial charge on any atom is 0.137 e. The molecule has 0 aliphatic heterocycles. The lowest BCUT2D eigenvalue weighted by Gasteiger charge is -2.06. The quantitative estimate of drug-likeness (QED) is 0.721. The van der Waals surface area contributed by atoms with Crippen LogP contribution in [0.5, 0.6) is 5.75 Å². The highest BCUT2D eigenvalue weighted by Gasteiger charge is 2.07. The minimum Gasteiger partial charge on any atom is -0.496 e. The molecule has 0 fully saturated rings. The fourth-order valence-electron chi connectivity index (χ4n) is 1.45. The zero-order valence-corrected chi connectivity index (χ0v) is 8.28. The smallest absolute Gasteiger partial charge is 0.137 e. The predicted molar refractivity (Wildman–Crippen MR) is 55.4 cm³/mol. The third-order valence-electron chi connectivity index (χ3n) is 2.14. The van der Waals surface area contributed by atoms with E-state index in [4.69, 9.17) is 9.15 Å². The van der Waals surface area contributed by atoms with E-state index in [2.05, 4.69) is 6.07 Å². The summed E-state index contributed by atoms with van der Waals surface area (Å²) in [6, 6.07) is 9.82. The van der Waals surface area contributed by atoms with Crippen LogP contribution in [0.3, 0.4) is 0 Å². The number of rotatable bonds is 2. The first kappa shape index (κ1) is 8.88. The standard InChI is InChI=1S/C12H12O2/c1-9-5-6-11(13-2)10(8-9)12-4-3-7-14-12/h3-8H,1-2H3. The van der Waals surface area contributed by atoms with Crippen LogP contribution in [0.25, 0.3) is 11.3 Å². The van der Waals surface area contributed by atoms with Gasteiger partial charge in [0, 0.05) is 0 Å². The zero-order chi connectivity index (χ0) is 9.97. The van der Waals surface area contributed by atoms with Gasteiger partial charge in [-0.05, 0) is 31.2 Å². The van der Waals surface area contributed by atoms with E-state index < -0.39 is 0 Å². The van der Waals surface area contributed by atoms with Gasteiger partial charge in [-0.2, -0.15) is 0 Å². The van der Waals surface area contributed by atoms with Gasteiger partial charge in [0.2, 0.25) is 0 Å². The third-order valence-corrected chi connectivity index (χ3v) is 2.14. The molecule has 0 radical (unpaired) electrons. The number of hydrogen-bond acceptors (Lipinski definition) is 2. The van der Waals surface area contributed by atoms with Crippen molar-refractivity contribution in [2.45, 2.75) is 6.92 Å². The Morgan fingerprint density at radius 1 is 1.21 bits per heavy atom. The highest BCUT2D eigenvalue weighted by Crippen LogP contribution is 2.30. The van der Waals surface area contributed by atoms with Crippen LogP contribution in [0.15, 0.2) is 41.0 Å². The summed E-state index contributed by atoms with van der Waals surface area (Å²) in [5, 5.41) is 0. The lowest BCUT2D eigenvalue weighted by Crippen LogP contribution is -1.87. The normalized spacial score (nSPS) is 10.1. The molecule has 0 atom stereocenters. The second-order valence-electron chi connectivity index (χ2n) is 3.18. The summed E-state index contributed by atoms with van der Waals surface area (Å²) >= 11 is 0. The number of ether oxygens (including phenoxy) is 1. The molecule has 2 rings (SSSR count). The van der Waals surface area contributed by atoms with E-state index in [1.165, 1.54) is 5.56 Å². The van der Waals surface area contributed by atoms with Crippen molar-refractivity contribution in [1.82, 2.24) is 0 Å². The van der Waals surface area contributed by atoms with E-state index >= 15 is 0 Å². The summed E-state index contributed by atoms with van der Waals surface area (Å²) in [7, 11) is 1.66. The van der Waals surface area contributed by atoms with E-state index in [1.54, 1.807) is 13.4 Å². The maximum absolute atomic E-state index is 5.34. The molecule has 0 bridgehead atoms. The Hall–Kier alpha value is -1.70. The van der Waals surface area contributed by atoms with E-state index in [9.17, 15) is 0 Å². The van der Waals surface area contributed by atoms with Crippen molar-refractivity contribution in [1.29, 1.82) is 0 Å². The second-order valence-corrected chi connectivity index (χ2v) is 3.18. The summed E-state index contributed by atoms with van der Waals surface area (Å²) in [5.41, 5.74) is 2.19. The van der Waals surface area contributed by atoms with Gasteiger partial charge >= 0.3 is 0 Å². The van der Waals surface area contributed by atoms with Gasteiger partial charge < -0.3 is 9.15 Å². The molecular formula is C12H12O2. The van der Waals surface area contributed by atoms with Crippen molar-refractivity contribution in [3.8, 4) is 17.1 Å². The Bertz CT molecular complexity index is 416. The molecule has 0 saturated heterocycles. The number of aryl methyl sites for hydroxylation is 1. The molecule has 0 unspecified atom stereocenters. The molecule has 2 nitrogen and oxygen atoms in total. The molecule has 0 saturated carbocycles. The van der Waals surface area contributed by atoms with Gasteiger partial charge in [-0.3, -0.25) is 0 Å².